The molecule has 0 unspecified atom stereocenters. The molecular weight excluding hydrogens is 413 g/mol. The molecule has 2 rings (SSSR count). The molecule has 0 saturated heterocycles. The van der Waals surface area contributed by atoms with E-state index in [4.69, 9.17) is 0 Å². The van der Waals surface area contributed by atoms with Crippen LogP contribution < -0.4 is 0 Å². The number of hydrogen-bond donors (Lipinski definition) is 1. The summed E-state index contributed by atoms with van der Waals surface area (Å²) < 4.78 is 39.5. The van der Waals surface area contributed by atoms with Gasteiger partial charge in [-0.1, -0.05) is 33.8 Å². The number of aromatic nitrogens is 1. The maximum atomic E-state index is 14.5. The van der Waals surface area contributed by atoms with Crippen LogP contribution in [-0.4, -0.2) is 30.0 Å². The maximum Gasteiger partial charge on any atom is 0.212 e. The average molecular weight is 442 g/mol. The van der Waals surface area contributed by atoms with Gasteiger partial charge in [0.15, 0.2) is 5.78 Å². The van der Waals surface area contributed by atoms with E-state index in [-0.39, 0.29) is 28.4 Å². The molecule has 1 aromatic heterocycles. The van der Waals surface area contributed by atoms with Crippen LogP contribution in [0.15, 0.2) is 22.7 Å². The number of thiazole rings is 1. The van der Waals surface area contributed by atoms with Gasteiger partial charge in [-0.25, -0.2) is 17.8 Å². The zero-order valence-corrected chi connectivity index (χ0v) is 19.2. The molecule has 5 nitrogen and oxygen atoms in total. The van der Waals surface area contributed by atoms with Crippen molar-refractivity contribution >= 4 is 27.0 Å². The Labute approximate surface area is 175 Å². The van der Waals surface area contributed by atoms with Crippen LogP contribution in [0.25, 0.3) is 0 Å². The Morgan fingerprint density at radius 2 is 1.83 bits per heavy atom. The molecule has 0 fully saturated rings. The van der Waals surface area contributed by atoms with E-state index in [2.05, 4.69) is 4.98 Å². The fourth-order valence-electron chi connectivity index (χ4n) is 3.22. The third-order valence-electron chi connectivity index (χ3n) is 4.62. The molecule has 160 valence electrons. The summed E-state index contributed by atoms with van der Waals surface area (Å²) in [6, 6.07) is 3.07. The molecule has 0 atom stereocenters. The molecule has 2 aromatic rings. The molecule has 0 aliphatic carbocycles. The fraction of sp³-hybridized carbons (Fsp3) is 0.524. The lowest BCUT2D eigenvalue weighted by Crippen LogP contribution is -2.20. The molecule has 0 radical (unpaired) electrons. The lowest BCUT2D eigenvalue weighted by Gasteiger charge is -2.20. The Kier molecular flexibility index (Phi) is 7.02. The van der Waals surface area contributed by atoms with E-state index >= 15 is 0 Å². The van der Waals surface area contributed by atoms with Gasteiger partial charge in [0, 0.05) is 12.6 Å². The van der Waals surface area contributed by atoms with E-state index in [1.54, 1.807) is 6.07 Å². The van der Waals surface area contributed by atoms with Crippen LogP contribution in [0.2, 0.25) is 0 Å². The zero-order valence-electron chi connectivity index (χ0n) is 17.6. The SMILES string of the molecule is CC(C)c1ccc(F)c(C(C)C)c1CC(=O)CS(=O)(=O)c1ncc(C(C)(C)O)s1. The lowest BCUT2D eigenvalue weighted by molar-refractivity contribution is -0.116. The predicted octanol–water partition coefficient (Wildman–Crippen LogP) is 4.34. The van der Waals surface area contributed by atoms with Gasteiger partial charge in [0.1, 0.15) is 11.6 Å². The van der Waals surface area contributed by atoms with E-state index in [1.807, 2.05) is 27.7 Å². The monoisotopic (exact) mass is 441 g/mol. The number of halogens is 1. The third-order valence-corrected chi connectivity index (χ3v) is 8.07. The van der Waals surface area contributed by atoms with Crippen molar-refractivity contribution in [3.63, 3.8) is 0 Å². The second kappa shape index (κ2) is 8.62. The summed E-state index contributed by atoms with van der Waals surface area (Å²) >= 11 is 0.852. The number of hydrogen-bond acceptors (Lipinski definition) is 6. The summed E-state index contributed by atoms with van der Waals surface area (Å²) in [5.74, 6) is -1.68. The summed E-state index contributed by atoms with van der Waals surface area (Å²) in [7, 11) is -3.94. The molecule has 0 saturated carbocycles. The first kappa shape index (κ1) is 23.6. The molecule has 0 spiro atoms. The second-order valence-corrected chi connectivity index (χ2v) is 11.6. The maximum absolute atomic E-state index is 14.5. The predicted molar refractivity (Wildman–Crippen MR) is 113 cm³/mol. The molecule has 0 aliphatic heterocycles. The van der Waals surface area contributed by atoms with Crippen LogP contribution in [0.5, 0.6) is 0 Å². The number of nitrogens with zero attached hydrogens (tertiary/aromatic N) is 1. The minimum Gasteiger partial charge on any atom is -0.385 e. The molecule has 0 aliphatic rings. The van der Waals surface area contributed by atoms with Crippen LogP contribution in [0, 0.1) is 5.82 Å². The van der Waals surface area contributed by atoms with E-state index < -0.39 is 27.0 Å². The largest absolute Gasteiger partial charge is 0.385 e. The molecule has 1 N–H and O–H groups in total. The van der Waals surface area contributed by atoms with E-state index in [9.17, 15) is 22.7 Å². The smallest absolute Gasteiger partial charge is 0.212 e. The highest BCUT2D eigenvalue weighted by Crippen LogP contribution is 2.32. The van der Waals surface area contributed by atoms with Crippen LogP contribution in [-0.2, 0) is 26.7 Å². The van der Waals surface area contributed by atoms with Crippen molar-refractivity contribution in [3.05, 3.63) is 45.7 Å². The fourth-order valence-corrected chi connectivity index (χ4v) is 5.69. The summed E-state index contributed by atoms with van der Waals surface area (Å²) in [5, 5.41) is 10.0. The van der Waals surface area contributed by atoms with Crippen molar-refractivity contribution in [2.45, 2.75) is 69.7 Å². The van der Waals surface area contributed by atoms with Gasteiger partial charge in [0.2, 0.25) is 14.2 Å². The number of carbonyl (C=O) groups excluding carboxylic acids is 1. The minimum absolute atomic E-state index is 0.0702. The van der Waals surface area contributed by atoms with Crippen molar-refractivity contribution in [2.75, 3.05) is 5.75 Å². The van der Waals surface area contributed by atoms with Gasteiger partial charge in [-0.05, 0) is 48.4 Å². The van der Waals surface area contributed by atoms with Crippen molar-refractivity contribution < 1.29 is 22.7 Å². The Balaban J connectivity index is 2.33. The first-order valence-electron chi connectivity index (χ1n) is 9.48. The van der Waals surface area contributed by atoms with Gasteiger partial charge >= 0.3 is 0 Å². The van der Waals surface area contributed by atoms with Gasteiger partial charge in [-0.2, -0.15) is 0 Å². The lowest BCUT2D eigenvalue weighted by atomic mass is 9.86. The molecule has 1 heterocycles. The van der Waals surface area contributed by atoms with Crippen molar-refractivity contribution in [2.24, 2.45) is 0 Å². The quantitative estimate of drug-likeness (QED) is 0.659. The number of benzene rings is 1. The Morgan fingerprint density at radius 3 is 2.31 bits per heavy atom. The number of ketones is 1. The van der Waals surface area contributed by atoms with Crippen LogP contribution in [0.1, 0.15) is 74.9 Å². The molecule has 1 aromatic carbocycles. The van der Waals surface area contributed by atoms with Gasteiger partial charge in [-0.15, -0.1) is 11.3 Å². The van der Waals surface area contributed by atoms with Crippen molar-refractivity contribution in [1.29, 1.82) is 0 Å². The number of sulfone groups is 1. The van der Waals surface area contributed by atoms with Gasteiger partial charge < -0.3 is 5.11 Å². The molecule has 0 amide bonds. The number of rotatable bonds is 8. The molecular formula is C21H28FNO4S2. The average Bonchev–Trinajstić information content (AvgIpc) is 3.04. The van der Waals surface area contributed by atoms with Crippen LogP contribution >= 0.6 is 11.3 Å². The highest BCUT2D eigenvalue weighted by atomic mass is 32.2. The normalized spacial score (nSPS) is 12.8. The van der Waals surface area contributed by atoms with Gasteiger partial charge in [0.25, 0.3) is 0 Å². The minimum atomic E-state index is -3.94. The second-order valence-electron chi connectivity index (χ2n) is 8.36. The zero-order chi connectivity index (χ0) is 22.1. The van der Waals surface area contributed by atoms with E-state index in [1.165, 1.54) is 26.1 Å². The van der Waals surface area contributed by atoms with E-state index in [0.717, 1.165) is 16.9 Å². The number of Topliss-reactive ketones (excluding diaryl/α,β-unsaturated/α-hetero) is 1. The summed E-state index contributed by atoms with van der Waals surface area (Å²) in [6.07, 6.45) is 1.16. The first-order valence-corrected chi connectivity index (χ1v) is 11.9. The van der Waals surface area contributed by atoms with Gasteiger partial charge in [0.05, 0.1) is 10.5 Å². The topological polar surface area (TPSA) is 84.3 Å². The summed E-state index contributed by atoms with van der Waals surface area (Å²) in [4.78, 5) is 17.0. The summed E-state index contributed by atoms with van der Waals surface area (Å²) in [5.41, 5.74) is 0.668. The van der Waals surface area contributed by atoms with Crippen LogP contribution in [0.4, 0.5) is 4.39 Å². The third kappa shape index (κ3) is 5.49. The Bertz CT molecular complexity index is 1000. The van der Waals surface area contributed by atoms with Crippen molar-refractivity contribution in [1.82, 2.24) is 4.98 Å². The highest BCUT2D eigenvalue weighted by Gasteiger charge is 2.28. The van der Waals surface area contributed by atoms with Gasteiger partial charge in [-0.3, -0.25) is 4.79 Å². The van der Waals surface area contributed by atoms with Crippen molar-refractivity contribution in [3.8, 4) is 0 Å². The highest BCUT2D eigenvalue weighted by molar-refractivity contribution is 7.94. The Hall–Kier alpha value is -1.64. The number of carbonyl (C=O) groups is 1. The summed E-state index contributed by atoms with van der Waals surface area (Å²) in [6.45, 7) is 10.7. The van der Waals surface area contributed by atoms with Crippen LogP contribution in [0.3, 0.4) is 0 Å². The first-order chi connectivity index (χ1) is 13.2. The molecule has 29 heavy (non-hydrogen) atoms. The molecule has 0 bridgehead atoms. The Morgan fingerprint density at radius 1 is 1.21 bits per heavy atom. The molecule has 8 heteroatoms. The number of aliphatic hydroxyl groups is 1. The van der Waals surface area contributed by atoms with E-state index in [0.29, 0.717) is 16.0 Å². The standard InChI is InChI=1S/C21H28FNO4S2/c1-12(2)15-7-8-17(22)19(13(3)4)16(15)9-14(24)11-29(26,27)20-23-10-18(28-20)21(5,6)25/h7-8,10,12-13,25H,9,11H2,1-6H3.